The SMILES string of the molecule is Cc1nc(CC(=O)Nc2ccc(F)c(NC(=O)CCN3CCOCC3)c2)cs1. The van der Waals surface area contributed by atoms with Crippen molar-refractivity contribution >= 4 is 34.5 Å². The summed E-state index contributed by atoms with van der Waals surface area (Å²) >= 11 is 1.48. The van der Waals surface area contributed by atoms with Crippen molar-refractivity contribution < 1.29 is 18.7 Å². The molecule has 2 heterocycles. The monoisotopic (exact) mass is 406 g/mol. The van der Waals surface area contributed by atoms with E-state index in [9.17, 15) is 14.0 Å². The molecule has 0 saturated carbocycles. The van der Waals surface area contributed by atoms with Crippen molar-refractivity contribution in [1.29, 1.82) is 0 Å². The lowest BCUT2D eigenvalue weighted by Crippen LogP contribution is -2.38. The Morgan fingerprint density at radius 1 is 1.25 bits per heavy atom. The quantitative estimate of drug-likeness (QED) is 0.738. The first-order valence-corrected chi connectivity index (χ1v) is 9.98. The normalized spacial score (nSPS) is 14.6. The summed E-state index contributed by atoms with van der Waals surface area (Å²) in [4.78, 5) is 30.7. The van der Waals surface area contributed by atoms with Crippen LogP contribution in [0.5, 0.6) is 0 Å². The number of aryl methyl sites for hydroxylation is 1. The Balaban J connectivity index is 1.53. The van der Waals surface area contributed by atoms with Crippen molar-refractivity contribution in [1.82, 2.24) is 9.88 Å². The summed E-state index contributed by atoms with van der Waals surface area (Å²) in [6.07, 6.45) is 0.405. The van der Waals surface area contributed by atoms with Gasteiger partial charge >= 0.3 is 0 Å². The number of halogens is 1. The highest BCUT2D eigenvalue weighted by Gasteiger charge is 2.14. The number of anilines is 2. The number of nitrogens with one attached hydrogen (secondary N) is 2. The fraction of sp³-hybridized carbons (Fsp3) is 0.421. The molecule has 3 rings (SSSR count). The van der Waals surface area contributed by atoms with Crippen LogP contribution in [0.15, 0.2) is 23.6 Å². The molecule has 2 amide bonds. The Labute approximate surface area is 166 Å². The number of carbonyl (C=O) groups excluding carboxylic acids is 2. The first-order valence-electron chi connectivity index (χ1n) is 9.10. The predicted molar refractivity (Wildman–Crippen MR) is 106 cm³/mol. The number of hydrogen-bond donors (Lipinski definition) is 2. The van der Waals surface area contributed by atoms with Gasteiger partial charge < -0.3 is 15.4 Å². The standard InChI is InChI=1S/C19H23FN4O3S/c1-13-21-15(12-28-13)11-19(26)22-14-2-3-16(20)17(10-14)23-18(25)4-5-24-6-8-27-9-7-24/h2-3,10,12H,4-9,11H2,1H3,(H,22,26)(H,23,25). The highest BCUT2D eigenvalue weighted by Crippen LogP contribution is 2.20. The summed E-state index contributed by atoms with van der Waals surface area (Å²) in [5, 5.41) is 8.02. The molecular formula is C19H23FN4O3S. The number of morpholine rings is 1. The molecule has 1 aliphatic rings. The second-order valence-corrected chi connectivity index (χ2v) is 7.59. The number of thiazole rings is 1. The van der Waals surface area contributed by atoms with E-state index in [-0.39, 0.29) is 30.3 Å². The molecule has 0 unspecified atom stereocenters. The van der Waals surface area contributed by atoms with Gasteiger partial charge in [-0.25, -0.2) is 9.37 Å². The van der Waals surface area contributed by atoms with Crippen molar-refractivity contribution in [3.8, 4) is 0 Å². The van der Waals surface area contributed by atoms with Crippen molar-refractivity contribution in [3.63, 3.8) is 0 Å². The molecule has 1 aromatic heterocycles. The van der Waals surface area contributed by atoms with Crippen molar-refractivity contribution in [2.75, 3.05) is 43.5 Å². The van der Waals surface area contributed by atoms with Crippen LogP contribution in [0, 0.1) is 12.7 Å². The predicted octanol–water partition coefficient (Wildman–Crippen LogP) is 2.43. The van der Waals surface area contributed by atoms with Crippen LogP contribution >= 0.6 is 11.3 Å². The zero-order chi connectivity index (χ0) is 19.9. The molecule has 0 atom stereocenters. The third-order valence-corrected chi connectivity index (χ3v) is 5.11. The van der Waals surface area contributed by atoms with Crippen LogP contribution in [0.1, 0.15) is 17.1 Å². The third-order valence-electron chi connectivity index (χ3n) is 4.29. The van der Waals surface area contributed by atoms with Crippen LogP contribution in [0.3, 0.4) is 0 Å². The number of amides is 2. The van der Waals surface area contributed by atoms with Crippen LogP contribution in [-0.2, 0) is 20.7 Å². The van der Waals surface area contributed by atoms with Crippen molar-refractivity contribution in [2.45, 2.75) is 19.8 Å². The highest BCUT2D eigenvalue weighted by molar-refractivity contribution is 7.09. The molecule has 7 nitrogen and oxygen atoms in total. The first kappa shape index (κ1) is 20.4. The average Bonchev–Trinajstić information content (AvgIpc) is 3.08. The van der Waals surface area contributed by atoms with Gasteiger partial charge in [0.1, 0.15) is 5.82 Å². The summed E-state index contributed by atoms with van der Waals surface area (Å²) in [7, 11) is 0. The molecule has 9 heteroatoms. The van der Waals surface area contributed by atoms with E-state index in [4.69, 9.17) is 4.74 Å². The number of ether oxygens (including phenoxy) is 1. The topological polar surface area (TPSA) is 83.6 Å². The fourth-order valence-corrected chi connectivity index (χ4v) is 3.47. The molecule has 2 N–H and O–H groups in total. The maximum absolute atomic E-state index is 14.0. The molecule has 0 bridgehead atoms. The number of hydrogen-bond acceptors (Lipinski definition) is 6. The van der Waals surface area contributed by atoms with Gasteiger partial charge in [0.2, 0.25) is 11.8 Å². The van der Waals surface area contributed by atoms with Crippen LogP contribution < -0.4 is 10.6 Å². The minimum atomic E-state index is -0.548. The molecular weight excluding hydrogens is 383 g/mol. The van der Waals surface area contributed by atoms with E-state index in [1.54, 1.807) is 0 Å². The lowest BCUT2D eigenvalue weighted by atomic mass is 10.2. The second-order valence-electron chi connectivity index (χ2n) is 6.53. The molecule has 2 aromatic rings. The maximum Gasteiger partial charge on any atom is 0.230 e. The Morgan fingerprint density at radius 3 is 2.75 bits per heavy atom. The van der Waals surface area contributed by atoms with Crippen LogP contribution in [-0.4, -0.2) is 54.5 Å². The van der Waals surface area contributed by atoms with Gasteiger partial charge in [0.15, 0.2) is 0 Å². The van der Waals surface area contributed by atoms with E-state index >= 15 is 0 Å². The molecule has 1 fully saturated rings. The van der Waals surface area contributed by atoms with Crippen LogP contribution in [0.2, 0.25) is 0 Å². The van der Waals surface area contributed by atoms with Crippen molar-refractivity contribution in [2.24, 2.45) is 0 Å². The number of rotatable bonds is 7. The first-order chi connectivity index (χ1) is 13.5. The third kappa shape index (κ3) is 6.08. The van der Waals surface area contributed by atoms with Crippen LogP contribution in [0.4, 0.5) is 15.8 Å². The molecule has 1 aromatic carbocycles. The molecule has 1 saturated heterocycles. The molecule has 0 aliphatic carbocycles. The lowest BCUT2D eigenvalue weighted by molar-refractivity contribution is -0.117. The Hall–Kier alpha value is -2.36. The van der Waals surface area contributed by atoms with Gasteiger partial charge in [-0.1, -0.05) is 0 Å². The summed E-state index contributed by atoms with van der Waals surface area (Å²) < 4.78 is 19.3. The average molecular weight is 406 g/mol. The minimum Gasteiger partial charge on any atom is -0.379 e. The van der Waals surface area contributed by atoms with E-state index in [1.165, 1.54) is 29.5 Å². The zero-order valence-electron chi connectivity index (χ0n) is 15.7. The fourth-order valence-electron chi connectivity index (χ4n) is 2.86. The van der Waals surface area contributed by atoms with Gasteiger partial charge in [-0.3, -0.25) is 14.5 Å². The molecule has 150 valence electrons. The lowest BCUT2D eigenvalue weighted by Gasteiger charge is -2.26. The smallest absolute Gasteiger partial charge is 0.230 e. The number of carbonyl (C=O) groups is 2. The zero-order valence-corrected chi connectivity index (χ0v) is 16.5. The Morgan fingerprint density at radius 2 is 2.04 bits per heavy atom. The number of aromatic nitrogens is 1. The molecule has 0 radical (unpaired) electrons. The highest BCUT2D eigenvalue weighted by atomic mass is 32.1. The van der Waals surface area contributed by atoms with E-state index in [0.29, 0.717) is 31.1 Å². The van der Waals surface area contributed by atoms with Gasteiger partial charge in [0.25, 0.3) is 0 Å². The Bertz CT molecular complexity index is 836. The van der Waals surface area contributed by atoms with Gasteiger partial charge in [-0.2, -0.15) is 0 Å². The summed E-state index contributed by atoms with van der Waals surface area (Å²) in [6.45, 7) is 5.39. The van der Waals surface area contributed by atoms with E-state index in [2.05, 4.69) is 20.5 Å². The number of benzene rings is 1. The Kier molecular flexibility index (Phi) is 7.07. The van der Waals surface area contributed by atoms with E-state index in [0.717, 1.165) is 18.1 Å². The largest absolute Gasteiger partial charge is 0.379 e. The molecule has 28 heavy (non-hydrogen) atoms. The van der Waals surface area contributed by atoms with Crippen molar-refractivity contribution in [3.05, 3.63) is 40.1 Å². The van der Waals surface area contributed by atoms with Gasteiger partial charge in [-0.15, -0.1) is 11.3 Å². The minimum absolute atomic E-state index is 0.0503. The van der Waals surface area contributed by atoms with Crippen LogP contribution in [0.25, 0.3) is 0 Å². The summed E-state index contributed by atoms with van der Waals surface area (Å²) in [5.74, 6) is -1.07. The molecule has 1 aliphatic heterocycles. The molecule has 0 spiro atoms. The second kappa shape index (κ2) is 9.72. The maximum atomic E-state index is 14.0. The van der Waals surface area contributed by atoms with E-state index < -0.39 is 5.82 Å². The number of nitrogens with zero attached hydrogens (tertiary/aromatic N) is 2. The van der Waals surface area contributed by atoms with Gasteiger partial charge in [0, 0.05) is 37.1 Å². The van der Waals surface area contributed by atoms with E-state index in [1.807, 2.05) is 12.3 Å². The van der Waals surface area contributed by atoms with Gasteiger partial charge in [-0.05, 0) is 25.1 Å². The summed E-state index contributed by atoms with van der Waals surface area (Å²) in [5.41, 5.74) is 1.16. The summed E-state index contributed by atoms with van der Waals surface area (Å²) in [6, 6.07) is 4.11. The van der Waals surface area contributed by atoms with Gasteiger partial charge in [0.05, 0.1) is 36.0 Å².